The van der Waals surface area contributed by atoms with Crippen LogP contribution in [0.1, 0.15) is 303 Å². The topological polar surface area (TPSA) is 112 Å². The summed E-state index contributed by atoms with van der Waals surface area (Å²) in [6, 6.07) is 0. The fraction of sp³-hybridized carbons (Fsp3) is 0.943. The molecule has 59 heavy (non-hydrogen) atoms. The van der Waals surface area contributed by atoms with Crippen molar-refractivity contribution in [3.05, 3.63) is 0 Å². The molecule has 0 radical (unpaired) electrons. The Labute approximate surface area is 367 Å². The standard InChI is InChI=1S/C53H102O6/c1-4-7-10-13-16-19-22-25-26-29-32-35-38-41-44-47-51(57)53(59,50(56)46-43-40-37-34-31-28-24-21-18-15-12-9-6-3)52(58,48-54)49(55)45-42-39-36-33-30-27-23-20-17-14-11-8-5-2/h54,58-59H,4-48H2,1-3H3. The van der Waals surface area contributed by atoms with Crippen molar-refractivity contribution in [3.8, 4) is 0 Å². The molecule has 3 N–H and O–H groups in total. The van der Waals surface area contributed by atoms with E-state index in [-0.39, 0.29) is 19.3 Å². The highest BCUT2D eigenvalue weighted by Gasteiger charge is 2.62. The summed E-state index contributed by atoms with van der Waals surface area (Å²) in [6.45, 7) is 5.61. The van der Waals surface area contributed by atoms with E-state index in [1.165, 1.54) is 186 Å². The molecular formula is C53H102O6. The summed E-state index contributed by atoms with van der Waals surface area (Å²) < 4.78 is 0. The number of unbranched alkanes of at least 4 members (excludes halogenated alkanes) is 38. The second-order valence-corrected chi connectivity index (χ2v) is 18.7. The average Bonchev–Trinajstić information content (AvgIpc) is 3.24. The van der Waals surface area contributed by atoms with E-state index >= 15 is 0 Å². The van der Waals surface area contributed by atoms with Gasteiger partial charge in [-0.05, 0) is 19.3 Å². The number of aliphatic hydroxyl groups excluding tert-OH is 1. The molecule has 0 aliphatic rings. The van der Waals surface area contributed by atoms with Crippen LogP contribution in [-0.4, -0.2) is 50.5 Å². The van der Waals surface area contributed by atoms with E-state index in [1.54, 1.807) is 0 Å². The Morgan fingerprint density at radius 2 is 0.458 bits per heavy atom. The van der Waals surface area contributed by atoms with Gasteiger partial charge >= 0.3 is 0 Å². The SMILES string of the molecule is CCCCCCCCCCCCCCCCCC(=O)C(O)(C(=O)CCCCCCCCCCCCCCC)C(O)(CO)C(=O)CCCCCCCCCCCCCCC. The Kier molecular flexibility index (Phi) is 41.4. The van der Waals surface area contributed by atoms with Crippen LogP contribution in [0.15, 0.2) is 0 Å². The third-order valence-corrected chi connectivity index (χ3v) is 13.1. The van der Waals surface area contributed by atoms with Crippen molar-refractivity contribution in [2.24, 2.45) is 0 Å². The number of hydrogen-bond donors (Lipinski definition) is 3. The van der Waals surface area contributed by atoms with E-state index < -0.39 is 35.2 Å². The highest BCUT2D eigenvalue weighted by atomic mass is 16.4. The number of rotatable bonds is 49. The fourth-order valence-electron chi connectivity index (χ4n) is 8.85. The minimum Gasteiger partial charge on any atom is -0.393 e. The molecule has 0 saturated carbocycles. The van der Waals surface area contributed by atoms with Crippen molar-refractivity contribution in [2.45, 2.75) is 314 Å². The molecule has 0 aliphatic carbocycles. The number of hydrogen-bond acceptors (Lipinski definition) is 6. The molecular weight excluding hydrogens is 733 g/mol. The van der Waals surface area contributed by atoms with Crippen molar-refractivity contribution in [1.82, 2.24) is 0 Å². The lowest BCUT2D eigenvalue weighted by atomic mass is 9.71. The summed E-state index contributed by atoms with van der Waals surface area (Å²) in [5.74, 6) is -2.43. The van der Waals surface area contributed by atoms with Crippen LogP contribution < -0.4 is 0 Å². The summed E-state index contributed by atoms with van der Waals surface area (Å²) in [5, 5.41) is 34.0. The normalized spacial score (nSPS) is 13.7. The molecule has 2 unspecified atom stereocenters. The molecule has 6 nitrogen and oxygen atoms in total. The van der Waals surface area contributed by atoms with E-state index in [0.29, 0.717) is 19.3 Å². The van der Waals surface area contributed by atoms with Gasteiger partial charge in [0.2, 0.25) is 5.60 Å². The molecule has 0 bridgehead atoms. The molecule has 0 amide bonds. The van der Waals surface area contributed by atoms with Crippen LogP contribution in [0.2, 0.25) is 0 Å². The van der Waals surface area contributed by atoms with Crippen molar-refractivity contribution < 1.29 is 29.7 Å². The average molecular weight is 835 g/mol. The van der Waals surface area contributed by atoms with Gasteiger partial charge in [-0.1, -0.05) is 265 Å². The molecule has 0 aliphatic heterocycles. The van der Waals surface area contributed by atoms with Crippen LogP contribution in [0.5, 0.6) is 0 Å². The Hall–Kier alpha value is -1.11. The van der Waals surface area contributed by atoms with Crippen LogP contribution in [0.3, 0.4) is 0 Å². The minimum atomic E-state index is -2.91. The highest BCUT2D eigenvalue weighted by molar-refractivity contribution is 6.16. The van der Waals surface area contributed by atoms with Gasteiger partial charge in [-0.15, -0.1) is 0 Å². The lowest BCUT2D eigenvalue weighted by Gasteiger charge is -2.39. The Morgan fingerprint density at radius 1 is 0.288 bits per heavy atom. The quantitative estimate of drug-likeness (QED) is 0.0416. The van der Waals surface area contributed by atoms with Gasteiger partial charge in [0.15, 0.2) is 23.0 Å². The summed E-state index contributed by atoms with van der Waals surface area (Å²) in [7, 11) is 0. The van der Waals surface area contributed by atoms with E-state index in [9.17, 15) is 29.7 Å². The monoisotopic (exact) mass is 835 g/mol. The van der Waals surface area contributed by atoms with Gasteiger partial charge < -0.3 is 15.3 Å². The zero-order chi connectivity index (χ0) is 43.6. The molecule has 6 heteroatoms. The molecule has 0 aromatic heterocycles. The van der Waals surface area contributed by atoms with E-state index in [0.717, 1.165) is 57.8 Å². The van der Waals surface area contributed by atoms with Crippen LogP contribution in [0.25, 0.3) is 0 Å². The molecule has 2 atom stereocenters. The predicted octanol–water partition coefficient (Wildman–Crippen LogP) is 15.4. The molecule has 0 spiro atoms. The molecule has 0 rings (SSSR count). The second-order valence-electron chi connectivity index (χ2n) is 18.7. The minimum absolute atomic E-state index is 0.0740. The zero-order valence-corrected chi connectivity index (χ0v) is 39.9. The van der Waals surface area contributed by atoms with E-state index in [1.807, 2.05) is 0 Å². The summed E-state index contributed by atoms with van der Waals surface area (Å²) in [4.78, 5) is 41.1. The molecule has 0 fully saturated rings. The number of carbonyl (C=O) groups excluding carboxylic acids is 3. The summed E-state index contributed by atoms with van der Waals surface area (Å²) in [6.07, 6.45) is 47.4. The Bertz CT molecular complexity index is 950. The maximum absolute atomic E-state index is 13.8. The number of Topliss-reactive ketones (excluding diaryl/α,β-unsaturated/α-hetero) is 3. The third kappa shape index (κ3) is 29.8. The first-order valence-electron chi connectivity index (χ1n) is 26.4. The molecule has 0 saturated heterocycles. The predicted molar refractivity (Wildman–Crippen MR) is 252 cm³/mol. The van der Waals surface area contributed by atoms with Crippen LogP contribution in [-0.2, 0) is 14.4 Å². The van der Waals surface area contributed by atoms with E-state index in [2.05, 4.69) is 20.8 Å². The van der Waals surface area contributed by atoms with E-state index in [4.69, 9.17) is 0 Å². The van der Waals surface area contributed by atoms with Crippen molar-refractivity contribution in [3.63, 3.8) is 0 Å². The first-order valence-corrected chi connectivity index (χ1v) is 26.4. The lowest BCUT2D eigenvalue weighted by molar-refractivity contribution is -0.194. The van der Waals surface area contributed by atoms with Gasteiger partial charge in [0.1, 0.15) is 0 Å². The number of carbonyl (C=O) groups is 3. The fourth-order valence-corrected chi connectivity index (χ4v) is 8.85. The van der Waals surface area contributed by atoms with Gasteiger partial charge in [-0.2, -0.15) is 0 Å². The first kappa shape index (κ1) is 57.9. The van der Waals surface area contributed by atoms with Gasteiger partial charge in [0, 0.05) is 19.3 Å². The van der Waals surface area contributed by atoms with Crippen molar-refractivity contribution >= 4 is 17.3 Å². The maximum Gasteiger partial charge on any atom is 0.219 e. The molecule has 0 heterocycles. The van der Waals surface area contributed by atoms with Crippen LogP contribution >= 0.6 is 0 Å². The van der Waals surface area contributed by atoms with Crippen LogP contribution in [0.4, 0.5) is 0 Å². The summed E-state index contributed by atoms with van der Waals surface area (Å²) in [5.41, 5.74) is -5.73. The zero-order valence-electron chi connectivity index (χ0n) is 39.9. The highest BCUT2D eigenvalue weighted by Crippen LogP contribution is 2.32. The summed E-state index contributed by atoms with van der Waals surface area (Å²) >= 11 is 0. The third-order valence-electron chi connectivity index (χ3n) is 13.1. The van der Waals surface area contributed by atoms with Crippen molar-refractivity contribution in [2.75, 3.05) is 6.61 Å². The second kappa shape index (κ2) is 42.2. The largest absolute Gasteiger partial charge is 0.393 e. The van der Waals surface area contributed by atoms with Gasteiger partial charge in [-0.25, -0.2) is 0 Å². The molecule has 350 valence electrons. The van der Waals surface area contributed by atoms with Crippen LogP contribution in [0, 0.1) is 0 Å². The van der Waals surface area contributed by atoms with Gasteiger partial charge in [-0.3, -0.25) is 14.4 Å². The Balaban J connectivity index is 4.90. The Morgan fingerprint density at radius 3 is 0.644 bits per heavy atom. The van der Waals surface area contributed by atoms with Gasteiger partial charge in [0.05, 0.1) is 6.61 Å². The lowest BCUT2D eigenvalue weighted by Crippen LogP contribution is -2.69. The van der Waals surface area contributed by atoms with Crippen molar-refractivity contribution in [1.29, 1.82) is 0 Å². The maximum atomic E-state index is 13.8. The molecule has 0 aromatic rings. The smallest absolute Gasteiger partial charge is 0.219 e. The number of aliphatic hydroxyl groups is 3. The first-order chi connectivity index (χ1) is 28.8. The molecule has 0 aromatic carbocycles. The number of ketones is 3. The van der Waals surface area contributed by atoms with Gasteiger partial charge in [0.25, 0.3) is 0 Å².